The number of aliphatic hydroxyl groups is 1. The van der Waals surface area contributed by atoms with E-state index in [1.807, 2.05) is 55.5 Å². The van der Waals surface area contributed by atoms with Crippen molar-refractivity contribution in [3.63, 3.8) is 0 Å². The van der Waals surface area contributed by atoms with Gasteiger partial charge in [-0.05, 0) is 42.3 Å². The molecule has 3 aromatic rings. The van der Waals surface area contributed by atoms with E-state index in [-0.39, 0.29) is 23.2 Å². The third-order valence-electron chi connectivity index (χ3n) is 5.53. The summed E-state index contributed by atoms with van der Waals surface area (Å²) in [5, 5.41) is 9.84. The van der Waals surface area contributed by atoms with Crippen molar-refractivity contribution in [1.82, 2.24) is 9.55 Å². The maximum absolute atomic E-state index is 11.3. The minimum atomic E-state index is -4.64. The van der Waals surface area contributed by atoms with Crippen LogP contribution in [0.25, 0.3) is 11.1 Å². The van der Waals surface area contributed by atoms with E-state index in [2.05, 4.69) is 39.4 Å². The van der Waals surface area contributed by atoms with Crippen LogP contribution in [-0.2, 0) is 13.8 Å². The van der Waals surface area contributed by atoms with Gasteiger partial charge >= 0.3 is 7.82 Å². The molecular formula is C25H26IN2O7P. The number of benzene rings is 2. The Balaban J connectivity index is 1.47. The number of rotatable bonds is 8. The summed E-state index contributed by atoms with van der Waals surface area (Å²) in [4.78, 5) is 22.6. The molecule has 36 heavy (non-hydrogen) atoms. The van der Waals surface area contributed by atoms with E-state index >= 15 is 0 Å². The lowest BCUT2D eigenvalue weighted by Gasteiger charge is -2.17. The van der Waals surface area contributed by atoms with Gasteiger partial charge in [-0.15, -0.1) is 0 Å². The first-order chi connectivity index (χ1) is 17.2. The van der Waals surface area contributed by atoms with Gasteiger partial charge in [0.25, 0.3) is 0 Å². The lowest BCUT2D eigenvalue weighted by Crippen LogP contribution is -2.29. The molecule has 2 aromatic carbocycles. The van der Waals surface area contributed by atoms with E-state index in [0.717, 1.165) is 22.5 Å². The highest BCUT2D eigenvalue weighted by molar-refractivity contribution is 14.1. The molecule has 0 radical (unpaired) electrons. The number of nitrogens with zero attached hydrogens (tertiary/aromatic N) is 2. The van der Waals surface area contributed by atoms with Crippen molar-refractivity contribution in [2.75, 3.05) is 19.8 Å². The maximum atomic E-state index is 11.3. The Kier molecular flexibility index (Phi) is 8.85. The third kappa shape index (κ3) is 7.17. The minimum absolute atomic E-state index is 0.0737. The quantitative estimate of drug-likeness (QED) is 0.149. The molecule has 3 N–H and O–H groups in total. The Morgan fingerprint density at radius 3 is 2.42 bits per heavy atom. The monoisotopic (exact) mass is 624 g/mol. The predicted octanol–water partition coefficient (Wildman–Crippen LogP) is 3.89. The summed E-state index contributed by atoms with van der Waals surface area (Å²) in [7, 11) is -4.64. The molecule has 1 fully saturated rings. The molecule has 0 aliphatic carbocycles. The van der Waals surface area contributed by atoms with Crippen molar-refractivity contribution in [3.8, 4) is 28.7 Å². The second-order valence-electron chi connectivity index (χ2n) is 8.24. The first-order valence-corrected chi connectivity index (χ1v) is 14.0. The van der Waals surface area contributed by atoms with E-state index in [1.54, 1.807) is 17.0 Å². The smallest absolute Gasteiger partial charge is 0.469 e. The number of ether oxygens (including phenoxy) is 2. The lowest BCUT2D eigenvalue weighted by atomic mass is 10.0. The second-order valence-corrected chi connectivity index (χ2v) is 11.4. The zero-order valence-corrected chi connectivity index (χ0v) is 22.5. The minimum Gasteiger partial charge on any atom is -0.485 e. The van der Waals surface area contributed by atoms with Crippen molar-refractivity contribution >= 4 is 30.4 Å². The highest BCUT2D eigenvalue weighted by Crippen LogP contribution is 2.37. The molecule has 190 valence electrons. The van der Waals surface area contributed by atoms with Crippen LogP contribution in [0.3, 0.4) is 0 Å². The van der Waals surface area contributed by atoms with Crippen LogP contribution in [0.15, 0.2) is 60.9 Å². The topological polar surface area (TPSA) is 123 Å². The van der Waals surface area contributed by atoms with Crippen LogP contribution >= 0.6 is 30.4 Å². The van der Waals surface area contributed by atoms with E-state index in [9.17, 15) is 9.67 Å². The number of halogens is 1. The largest absolute Gasteiger partial charge is 0.485 e. The lowest BCUT2D eigenvalue weighted by molar-refractivity contribution is 0.0733. The molecule has 1 saturated heterocycles. The van der Waals surface area contributed by atoms with Crippen LogP contribution in [0.1, 0.15) is 28.3 Å². The number of imidazole rings is 1. The fraction of sp³-hybridized carbons (Fsp3) is 0.320. The molecule has 9 nitrogen and oxygen atoms in total. The average molecular weight is 624 g/mol. The zero-order valence-electron chi connectivity index (χ0n) is 19.4. The van der Waals surface area contributed by atoms with Crippen molar-refractivity contribution in [1.29, 1.82) is 0 Å². The summed E-state index contributed by atoms with van der Waals surface area (Å²) < 4.78 is 28.9. The maximum Gasteiger partial charge on any atom is 0.469 e. The van der Waals surface area contributed by atoms with Crippen molar-refractivity contribution in [3.05, 3.63) is 72.3 Å². The average Bonchev–Trinajstić information content (AvgIpc) is 3.49. The van der Waals surface area contributed by atoms with E-state index in [1.165, 1.54) is 0 Å². The van der Waals surface area contributed by atoms with Crippen LogP contribution < -0.4 is 4.74 Å². The third-order valence-corrected chi connectivity index (χ3v) is 6.58. The fourth-order valence-corrected chi connectivity index (χ4v) is 4.52. The summed E-state index contributed by atoms with van der Waals surface area (Å²) >= 11 is 2.22. The van der Waals surface area contributed by atoms with Crippen molar-refractivity contribution in [2.45, 2.75) is 29.1 Å². The van der Waals surface area contributed by atoms with Gasteiger partial charge in [0, 0.05) is 18.0 Å². The molecule has 0 unspecified atom stereocenters. The number of aliphatic hydroxyl groups excluding tert-OH is 1. The first kappa shape index (κ1) is 26.8. The molecule has 2 heterocycles. The van der Waals surface area contributed by atoms with Crippen LogP contribution in [0, 0.1) is 11.8 Å². The van der Waals surface area contributed by atoms with Crippen LogP contribution in [0.4, 0.5) is 0 Å². The molecular weight excluding hydrogens is 598 g/mol. The summed E-state index contributed by atoms with van der Waals surface area (Å²) in [5.74, 6) is 7.55. The Bertz CT molecular complexity index is 1260. The molecule has 0 spiro atoms. The Morgan fingerprint density at radius 1 is 1.17 bits per heavy atom. The van der Waals surface area contributed by atoms with E-state index in [4.69, 9.17) is 23.8 Å². The molecule has 0 bridgehead atoms. The molecule has 1 aromatic heterocycles. The molecule has 4 rings (SSSR count). The Hall–Kier alpha value is -2.23. The SMILES string of the molecule is C[C@H](I)c1nccn1[C@@H](C#Cc1ccc(-c2ccc(O[C@@H]3COC[C@H]3O)cc2)cc1)COP(=O)(O)O. The zero-order chi connectivity index (χ0) is 25.7. The fourth-order valence-electron chi connectivity index (χ4n) is 3.70. The molecule has 4 atom stereocenters. The van der Waals surface area contributed by atoms with Gasteiger partial charge in [0.15, 0.2) is 0 Å². The molecule has 1 aliphatic rings. The number of phosphoric acid groups is 1. The summed E-state index contributed by atoms with van der Waals surface area (Å²) in [6.07, 6.45) is 2.38. The number of hydrogen-bond acceptors (Lipinski definition) is 6. The normalized spacial score (nSPS) is 19.4. The van der Waals surface area contributed by atoms with Crippen molar-refractivity contribution < 1.29 is 33.5 Å². The summed E-state index contributed by atoms with van der Waals surface area (Å²) in [6.45, 7) is 2.35. The van der Waals surface area contributed by atoms with E-state index < -0.39 is 20.0 Å². The van der Waals surface area contributed by atoms with Gasteiger partial charge in [-0.3, -0.25) is 4.52 Å². The molecule has 0 saturated carbocycles. The first-order valence-electron chi connectivity index (χ1n) is 11.2. The predicted molar refractivity (Wildman–Crippen MR) is 142 cm³/mol. The van der Waals surface area contributed by atoms with Crippen LogP contribution in [0.5, 0.6) is 5.75 Å². The van der Waals surface area contributed by atoms with Gasteiger partial charge in [0.2, 0.25) is 0 Å². The molecule has 11 heteroatoms. The highest BCUT2D eigenvalue weighted by Gasteiger charge is 2.28. The van der Waals surface area contributed by atoms with Gasteiger partial charge in [0.05, 0.1) is 23.7 Å². The highest BCUT2D eigenvalue weighted by atomic mass is 127. The van der Waals surface area contributed by atoms with Gasteiger partial charge in [-0.2, -0.15) is 0 Å². The van der Waals surface area contributed by atoms with Crippen LogP contribution in [-0.4, -0.2) is 56.5 Å². The van der Waals surface area contributed by atoms with Crippen molar-refractivity contribution in [2.24, 2.45) is 0 Å². The number of hydrogen-bond donors (Lipinski definition) is 3. The Morgan fingerprint density at radius 2 is 1.83 bits per heavy atom. The molecule has 1 aliphatic heterocycles. The summed E-state index contributed by atoms with van der Waals surface area (Å²) in [6, 6.07) is 14.6. The van der Waals surface area contributed by atoms with Gasteiger partial charge in [0.1, 0.15) is 29.8 Å². The number of aromatic nitrogens is 2. The number of alkyl halides is 1. The van der Waals surface area contributed by atoms with E-state index in [0.29, 0.717) is 12.4 Å². The van der Waals surface area contributed by atoms with Gasteiger partial charge in [-0.1, -0.05) is 58.7 Å². The Labute approximate surface area is 222 Å². The second kappa shape index (κ2) is 11.9. The van der Waals surface area contributed by atoms with Crippen LogP contribution in [0.2, 0.25) is 0 Å². The summed E-state index contributed by atoms with van der Waals surface area (Å²) in [5.41, 5.74) is 2.74. The standard InChI is InChI=1S/C25H26IN2O7P/c1-17(26)25-27-12-13-28(25)21(14-34-36(30,31)32)9-4-18-2-5-19(6-3-18)20-7-10-22(11-8-20)35-24-16-33-15-23(24)29/h2-3,5-8,10-13,17,21,23-24,29H,14-16H2,1H3,(H2,30,31,32)/t17-,21-,23+,24+/m0/s1. The number of phosphoric ester groups is 1. The van der Waals surface area contributed by atoms with Gasteiger partial charge in [-0.25, -0.2) is 9.55 Å². The van der Waals surface area contributed by atoms with Gasteiger partial charge < -0.3 is 28.9 Å². The molecule has 0 amide bonds.